The summed E-state index contributed by atoms with van der Waals surface area (Å²) in [6.07, 6.45) is 1.74. The van der Waals surface area contributed by atoms with E-state index in [1.165, 1.54) is 0 Å². The second-order valence-electron chi connectivity index (χ2n) is 6.75. The van der Waals surface area contributed by atoms with Gasteiger partial charge >= 0.3 is 0 Å². The predicted molar refractivity (Wildman–Crippen MR) is 110 cm³/mol. The number of aromatic nitrogens is 5. The number of likely N-dealkylation sites (N-methyl/N-ethyl adjacent to an activating group) is 1. The van der Waals surface area contributed by atoms with Gasteiger partial charge in [-0.25, -0.2) is 4.68 Å². The number of nitrogens with one attached hydrogen (secondary N) is 2. The molecule has 0 aliphatic heterocycles. The minimum atomic E-state index is -0.0213. The van der Waals surface area contributed by atoms with Gasteiger partial charge in [0.25, 0.3) is 0 Å². The Morgan fingerprint density at radius 3 is 2.89 bits per heavy atom. The number of ether oxygens (including phenoxy) is 2. The first kappa shape index (κ1) is 20.0. The van der Waals surface area contributed by atoms with Crippen LogP contribution in [-0.2, 0) is 18.4 Å². The molecule has 3 aromatic heterocycles. The lowest BCUT2D eigenvalue weighted by Crippen LogP contribution is -2.29. The van der Waals surface area contributed by atoms with Crippen LogP contribution in [0.25, 0.3) is 28.2 Å². The molecule has 0 unspecified atom stereocenters. The van der Waals surface area contributed by atoms with Gasteiger partial charge in [-0.05, 0) is 32.5 Å². The van der Waals surface area contributed by atoms with Crippen LogP contribution < -0.4 is 10.1 Å². The van der Waals surface area contributed by atoms with Crippen LogP contribution in [-0.4, -0.2) is 51.3 Å². The molecule has 150 valence electrons. The lowest BCUT2D eigenvalue weighted by Gasteiger charge is -2.16. The molecule has 3 aromatic rings. The number of aromatic amines is 1. The second-order valence-corrected chi connectivity index (χ2v) is 6.75. The zero-order valence-electron chi connectivity index (χ0n) is 17.2. The molecule has 0 amide bonds. The quantitative estimate of drug-likeness (QED) is 0.590. The molecule has 0 fully saturated rings. The molecule has 0 aromatic carbocycles. The highest BCUT2D eigenvalue weighted by molar-refractivity contribution is 5.91. The Kier molecular flexibility index (Phi) is 6.11. The average molecular weight is 384 g/mol. The van der Waals surface area contributed by atoms with Crippen molar-refractivity contribution < 1.29 is 9.47 Å². The zero-order valence-corrected chi connectivity index (χ0v) is 17.2. The molecule has 0 spiro atoms. The normalized spacial score (nSPS) is 12.5. The Hall–Kier alpha value is -2.71. The van der Waals surface area contributed by atoms with E-state index in [-0.39, 0.29) is 6.10 Å². The summed E-state index contributed by atoms with van der Waals surface area (Å²) in [5.74, 6) is 0.673. The number of fused-ring (bicyclic) bond motifs is 1. The molecule has 0 saturated heterocycles. The van der Waals surface area contributed by atoms with Crippen molar-refractivity contribution in [1.29, 1.82) is 0 Å². The lowest BCUT2D eigenvalue weighted by atomic mass is 10.1. The zero-order chi connectivity index (χ0) is 20.3. The van der Waals surface area contributed by atoms with Crippen LogP contribution >= 0.6 is 0 Å². The summed E-state index contributed by atoms with van der Waals surface area (Å²) >= 11 is 0. The molecule has 8 nitrogen and oxygen atoms in total. The number of hydrogen-bond acceptors (Lipinski definition) is 6. The number of hydrogen-bond donors (Lipinski definition) is 2. The van der Waals surface area contributed by atoms with Crippen LogP contribution in [0.15, 0.2) is 12.6 Å². The summed E-state index contributed by atoms with van der Waals surface area (Å²) in [5.41, 5.74) is 4.93. The van der Waals surface area contributed by atoms with Crippen LogP contribution in [0.2, 0.25) is 0 Å². The van der Waals surface area contributed by atoms with Crippen molar-refractivity contribution in [3.8, 4) is 17.1 Å². The molecule has 1 atom stereocenters. The molecule has 28 heavy (non-hydrogen) atoms. The summed E-state index contributed by atoms with van der Waals surface area (Å²) in [6.45, 7) is 11.9. The van der Waals surface area contributed by atoms with Gasteiger partial charge in [-0.2, -0.15) is 10.2 Å². The summed E-state index contributed by atoms with van der Waals surface area (Å²) in [7, 11) is 3.52. The number of pyridine rings is 1. The fourth-order valence-electron chi connectivity index (χ4n) is 3.24. The number of methoxy groups -OCH3 is 1. The van der Waals surface area contributed by atoms with E-state index < -0.39 is 0 Å². The highest BCUT2D eigenvalue weighted by Gasteiger charge is 2.23. The standard InChI is InChI=1S/C20H28N6O2/c1-7-15-14-9-16(22-13(4)19(14)24-23-15)18-17(11-27-6)25-26(5)20(18)28-12(3)10-21-8-2/h7,9,12,21H,1,8,10-11H2,2-6H3,(H,23,24)/t12-/m0/s1. The van der Waals surface area contributed by atoms with Crippen molar-refractivity contribution in [3.63, 3.8) is 0 Å². The Morgan fingerprint density at radius 2 is 2.21 bits per heavy atom. The van der Waals surface area contributed by atoms with Crippen LogP contribution in [0.5, 0.6) is 5.88 Å². The molecular weight excluding hydrogens is 356 g/mol. The van der Waals surface area contributed by atoms with Gasteiger partial charge in [-0.1, -0.05) is 13.5 Å². The SMILES string of the molecule is C=Cc1[nH]nc2c(C)nc(-c3c(COC)nn(C)c3O[C@@H](C)CNCC)cc12. The average Bonchev–Trinajstić information content (AvgIpc) is 3.21. The molecule has 0 aliphatic rings. The number of rotatable bonds is 9. The molecule has 3 heterocycles. The van der Waals surface area contributed by atoms with Gasteiger partial charge in [0.05, 0.1) is 29.3 Å². The van der Waals surface area contributed by atoms with E-state index >= 15 is 0 Å². The van der Waals surface area contributed by atoms with E-state index in [9.17, 15) is 0 Å². The summed E-state index contributed by atoms with van der Waals surface area (Å²) in [4.78, 5) is 4.78. The smallest absolute Gasteiger partial charge is 0.221 e. The first-order valence-electron chi connectivity index (χ1n) is 9.40. The van der Waals surface area contributed by atoms with E-state index in [1.54, 1.807) is 17.9 Å². The highest BCUT2D eigenvalue weighted by atomic mass is 16.5. The van der Waals surface area contributed by atoms with E-state index in [0.29, 0.717) is 12.5 Å². The Morgan fingerprint density at radius 1 is 1.43 bits per heavy atom. The van der Waals surface area contributed by atoms with Crippen molar-refractivity contribution in [2.45, 2.75) is 33.5 Å². The monoisotopic (exact) mass is 384 g/mol. The van der Waals surface area contributed by atoms with E-state index in [0.717, 1.165) is 52.3 Å². The maximum absolute atomic E-state index is 6.25. The summed E-state index contributed by atoms with van der Waals surface area (Å²) in [5, 5.41) is 16.2. The fraction of sp³-hybridized carbons (Fsp3) is 0.450. The Labute approximate surface area is 164 Å². The molecule has 0 bridgehead atoms. The third-order valence-electron chi connectivity index (χ3n) is 4.55. The first-order valence-corrected chi connectivity index (χ1v) is 9.40. The maximum atomic E-state index is 6.25. The van der Waals surface area contributed by atoms with Gasteiger partial charge in [0.1, 0.15) is 17.3 Å². The third-order valence-corrected chi connectivity index (χ3v) is 4.55. The molecule has 2 N–H and O–H groups in total. The first-order chi connectivity index (χ1) is 13.5. The summed E-state index contributed by atoms with van der Waals surface area (Å²) < 4.78 is 13.4. The van der Waals surface area contributed by atoms with E-state index in [4.69, 9.17) is 14.5 Å². The lowest BCUT2D eigenvalue weighted by molar-refractivity contribution is 0.181. The molecule has 3 rings (SSSR count). The van der Waals surface area contributed by atoms with Crippen molar-refractivity contribution >= 4 is 17.0 Å². The van der Waals surface area contributed by atoms with Crippen molar-refractivity contribution in [1.82, 2.24) is 30.3 Å². The number of H-pyrrole nitrogens is 1. The molecule has 0 radical (unpaired) electrons. The maximum Gasteiger partial charge on any atom is 0.221 e. The van der Waals surface area contributed by atoms with Crippen LogP contribution in [0.4, 0.5) is 0 Å². The fourth-order valence-corrected chi connectivity index (χ4v) is 3.24. The minimum Gasteiger partial charge on any atom is -0.473 e. The number of aryl methyl sites for hydroxylation is 2. The van der Waals surface area contributed by atoms with E-state index in [1.807, 2.05) is 27.0 Å². The van der Waals surface area contributed by atoms with Gasteiger partial charge in [0.15, 0.2) is 0 Å². The largest absolute Gasteiger partial charge is 0.473 e. The topological polar surface area (TPSA) is 89.9 Å². The Bertz CT molecular complexity index is 975. The third kappa shape index (κ3) is 3.79. The predicted octanol–water partition coefficient (Wildman–Crippen LogP) is 2.83. The van der Waals surface area contributed by atoms with Gasteiger partial charge in [0.2, 0.25) is 5.88 Å². The van der Waals surface area contributed by atoms with Gasteiger partial charge in [0, 0.05) is 26.1 Å². The Balaban J connectivity index is 2.13. The van der Waals surface area contributed by atoms with Gasteiger partial charge in [-0.15, -0.1) is 0 Å². The van der Waals surface area contributed by atoms with Crippen molar-refractivity contribution in [2.24, 2.45) is 7.05 Å². The van der Waals surface area contributed by atoms with Crippen LogP contribution in [0.3, 0.4) is 0 Å². The molecular formula is C20H28N6O2. The van der Waals surface area contributed by atoms with E-state index in [2.05, 4.69) is 34.1 Å². The van der Waals surface area contributed by atoms with Gasteiger partial charge < -0.3 is 14.8 Å². The van der Waals surface area contributed by atoms with Crippen molar-refractivity contribution in [2.75, 3.05) is 20.2 Å². The highest BCUT2D eigenvalue weighted by Crippen LogP contribution is 2.35. The van der Waals surface area contributed by atoms with Gasteiger partial charge in [-0.3, -0.25) is 10.1 Å². The summed E-state index contributed by atoms with van der Waals surface area (Å²) in [6, 6.07) is 2.00. The molecule has 0 aliphatic carbocycles. The van der Waals surface area contributed by atoms with Crippen molar-refractivity contribution in [3.05, 3.63) is 29.7 Å². The molecule has 0 saturated carbocycles. The second kappa shape index (κ2) is 8.53. The minimum absolute atomic E-state index is 0.0213. The van der Waals surface area contributed by atoms with Crippen LogP contribution in [0, 0.1) is 6.92 Å². The van der Waals surface area contributed by atoms with Crippen LogP contribution in [0.1, 0.15) is 30.9 Å². The molecule has 8 heteroatoms. The number of nitrogens with zero attached hydrogens (tertiary/aromatic N) is 4.